The van der Waals surface area contributed by atoms with E-state index in [1.165, 1.54) is 12.1 Å². The van der Waals surface area contributed by atoms with Gasteiger partial charge < -0.3 is 15.7 Å². The lowest BCUT2D eigenvalue weighted by Gasteiger charge is -2.37. The summed E-state index contributed by atoms with van der Waals surface area (Å²) in [5.74, 6) is -1.23. The molecule has 2 aromatic rings. The second-order valence-electron chi connectivity index (χ2n) is 9.44. The standard InChI is InChI=1S/C23H25Cl2FN2O2.ClH/c1-22(2,3)10-19-23(14-8-16(26)15(25)9-17(14)28-21(23)30)20(18(11-29)27-19)12-5-4-6-13(24)7-12;/h4-9,18-20,27,29H,10-11H2,1-3H3,(H,28,30);1H/t18-,19+,20-,23-;/m0./s1. The van der Waals surface area contributed by atoms with Crippen molar-refractivity contribution >= 4 is 47.2 Å². The van der Waals surface area contributed by atoms with E-state index in [0.717, 1.165) is 5.56 Å². The molecule has 0 unspecified atom stereocenters. The van der Waals surface area contributed by atoms with Gasteiger partial charge in [0.1, 0.15) is 11.2 Å². The van der Waals surface area contributed by atoms with Crippen molar-refractivity contribution in [2.75, 3.05) is 11.9 Å². The molecule has 4 nitrogen and oxygen atoms in total. The largest absolute Gasteiger partial charge is 0.395 e. The second kappa shape index (κ2) is 8.53. The minimum Gasteiger partial charge on any atom is -0.395 e. The number of hydrogen-bond donors (Lipinski definition) is 3. The molecule has 0 saturated carbocycles. The molecule has 3 N–H and O–H groups in total. The van der Waals surface area contributed by atoms with E-state index >= 15 is 0 Å². The molecule has 2 aromatic carbocycles. The van der Waals surface area contributed by atoms with Crippen molar-refractivity contribution in [1.29, 1.82) is 0 Å². The summed E-state index contributed by atoms with van der Waals surface area (Å²) in [6.07, 6.45) is 0.650. The predicted octanol–water partition coefficient (Wildman–Crippen LogP) is 5.30. The van der Waals surface area contributed by atoms with Gasteiger partial charge in [0.05, 0.1) is 11.6 Å². The summed E-state index contributed by atoms with van der Waals surface area (Å²) in [5.41, 5.74) is 0.687. The number of nitrogens with one attached hydrogen (secondary N) is 2. The number of aliphatic hydroxyl groups is 1. The van der Waals surface area contributed by atoms with Gasteiger partial charge in [-0.05, 0) is 47.2 Å². The maximum absolute atomic E-state index is 14.6. The minimum atomic E-state index is -1.11. The summed E-state index contributed by atoms with van der Waals surface area (Å²) in [7, 11) is 0. The molecular formula is C23H26Cl3FN2O2. The molecule has 1 fully saturated rings. The summed E-state index contributed by atoms with van der Waals surface area (Å²) < 4.78 is 14.6. The Morgan fingerprint density at radius 3 is 2.52 bits per heavy atom. The molecule has 8 heteroatoms. The molecule has 0 aromatic heterocycles. The number of aliphatic hydroxyl groups excluding tert-OH is 1. The third-order valence-corrected chi connectivity index (χ3v) is 6.73. The zero-order valence-electron chi connectivity index (χ0n) is 17.5. The van der Waals surface area contributed by atoms with Gasteiger partial charge in [-0.2, -0.15) is 0 Å². The number of anilines is 1. The van der Waals surface area contributed by atoms with Crippen LogP contribution in [0.2, 0.25) is 10.0 Å². The molecular weight excluding hydrogens is 462 g/mol. The van der Waals surface area contributed by atoms with Crippen molar-refractivity contribution < 1.29 is 14.3 Å². The van der Waals surface area contributed by atoms with Crippen molar-refractivity contribution in [3.63, 3.8) is 0 Å². The molecule has 2 heterocycles. The van der Waals surface area contributed by atoms with Gasteiger partial charge in [-0.15, -0.1) is 12.4 Å². The van der Waals surface area contributed by atoms with Gasteiger partial charge in [-0.1, -0.05) is 56.1 Å². The van der Waals surface area contributed by atoms with Crippen molar-refractivity contribution in [2.45, 2.75) is 50.6 Å². The fourth-order valence-electron chi connectivity index (χ4n) is 5.20. The topological polar surface area (TPSA) is 61.4 Å². The number of rotatable bonds is 3. The third kappa shape index (κ3) is 3.96. The van der Waals surface area contributed by atoms with Crippen LogP contribution in [0.3, 0.4) is 0 Å². The van der Waals surface area contributed by atoms with Crippen LogP contribution in [0.1, 0.15) is 44.2 Å². The van der Waals surface area contributed by atoms with E-state index in [-0.39, 0.29) is 41.4 Å². The summed E-state index contributed by atoms with van der Waals surface area (Å²) >= 11 is 12.3. The fraction of sp³-hybridized carbons (Fsp3) is 0.435. The van der Waals surface area contributed by atoms with Crippen molar-refractivity contribution in [1.82, 2.24) is 5.32 Å². The second-order valence-corrected chi connectivity index (χ2v) is 10.3. The normalized spacial score (nSPS) is 27.2. The Morgan fingerprint density at radius 2 is 1.90 bits per heavy atom. The molecule has 4 rings (SSSR count). The predicted molar refractivity (Wildman–Crippen MR) is 125 cm³/mol. The van der Waals surface area contributed by atoms with Crippen LogP contribution in [-0.2, 0) is 10.2 Å². The summed E-state index contributed by atoms with van der Waals surface area (Å²) in [6, 6.07) is 9.43. The number of fused-ring (bicyclic) bond motifs is 2. The van der Waals surface area contributed by atoms with Crippen LogP contribution in [0.25, 0.3) is 0 Å². The molecule has 0 radical (unpaired) electrons. The molecule has 0 aliphatic carbocycles. The van der Waals surface area contributed by atoms with Gasteiger partial charge in [0.25, 0.3) is 0 Å². The fourth-order valence-corrected chi connectivity index (χ4v) is 5.56. The minimum absolute atomic E-state index is 0. The van der Waals surface area contributed by atoms with Gasteiger partial charge in [-0.3, -0.25) is 4.79 Å². The van der Waals surface area contributed by atoms with Crippen molar-refractivity contribution in [3.05, 3.63) is 63.4 Å². The highest BCUT2D eigenvalue weighted by Gasteiger charge is 2.64. The van der Waals surface area contributed by atoms with Crippen LogP contribution in [0.5, 0.6) is 0 Å². The summed E-state index contributed by atoms with van der Waals surface area (Å²) in [6.45, 7) is 6.12. The van der Waals surface area contributed by atoms with Crippen LogP contribution < -0.4 is 10.6 Å². The van der Waals surface area contributed by atoms with E-state index in [0.29, 0.717) is 22.7 Å². The Labute approximate surface area is 197 Å². The molecule has 31 heavy (non-hydrogen) atoms. The summed E-state index contributed by atoms with van der Waals surface area (Å²) in [4.78, 5) is 13.7. The van der Waals surface area contributed by atoms with Crippen molar-refractivity contribution in [2.24, 2.45) is 5.41 Å². The Kier molecular flexibility index (Phi) is 6.68. The lowest BCUT2D eigenvalue weighted by atomic mass is 9.62. The van der Waals surface area contributed by atoms with Gasteiger partial charge in [0.15, 0.2) is 0 Å². The van der Waals surface area contributed by atoms with Crippen LogP contribution in [0.4, 0.5) is 10.1 Å². The highest BCUT2D eigenvalue weighted by molar-refractivity contribution is 6.31. The van der Waals surface area contributed by atoms with E-state index in [1.807, 2.05) is 18.2 Å². The lowest BCUT2D eigenvalue weighted by molar-refractivity contribution is -0.122. The number of benzene rings is 2. The smallest absolute Gasteiger partial charge is 0.237 e. The maximum atomic E-state index is 14.6. The Hall–Kier alpha value is -1.37. The SMILES string of the molecule is CC(C)(C)C[C@H]1N[C@@H](CO)[C@H](c2cccc(Cl)c2)[C@@]12C(=O)Nc1cc(Cl)c(F)cc12.Cl. The van der Waals surface area contributed by atoms with Crippen LogP contribution in [0.15, 0.2) is 36.4 Å². The van der Waals surface area contributed by atoms with E-state index in [1.54, 1.807) is 6.07 Å². The quantitative estimate of drug-likeness (QED) is 0.551. The average molecular weight is 488 g/mol. The van der Waals surface area contributed by atoms with Crippen LogP contribution >= 0.6 is 35.6 Å². The van der Waals surface area contributed by atoms with Gasteiger partial charge in [0, 0.05) is 28.7 Å². The highest BCUT2D eigenvalue weighted by Crippen LogP contribution is 2.56. The monoisotopic (exact) mass is 486 g/mol. The zero-order valence-corrected chi connectivity index (χ0v) is 19.8. The Bertz CT molecular complexity index is 1010. The first-order valence-electron chi connectivity index (χ1n) is 10.0. The number of amides is 1. The highest BCUT2D eigenvalue weighted by atomic mass is 35.5. The molecule has 168 valence electrons. The molecule has 4 atom stereocenters. The zero-order chi connectivity index (χ0) is 21.8. The van der Waals surface area contributed by atoms with E-state index in [4.69, 9.17) is 23.2 Å². The van der Waals surface area contributed by atoms with E-state index in [9.17, 15) is 14.3 Å². The molecule has 0 bridgehead atoms. The van der Waals surface area contributed by atoms with Crippen LogP contribution in [-0.4, -0.2) is 29.7 Å². The number of carbonyl (C=O) groups is 1. The van der Waals surface area contributed by atoms with E-state index in [2.05, 4.69) is 31.4 Å². The number of halogens is 4. The first-order valence-corrected chi connectivity index (χ1v) is 10.8. The number of carbonyl (C=O) groups excluding carboxylic acids is 1. The first kappa shape index (κ1) is 24.3. The Balaban J connectivity index is 0.00000272. The molecule has 1 saturated heterocycles. The van der Waals surface area contributed by atoms with Crippen molar-refractivity contribution in [3.8, 4) is 0 Å². The van der Waals surface area contributed by atoms with Gasteiger partial charge in [-0.25, -0.2) is 4.39 Å². The molecule has 1 amide bonds. The third-order valence-electron chi connectivity index (χ3n) is 6.21. The van der Waals surface area contributed by atoms with E-state index < -0.39 is 23.2 Å². The lowest BCUT2D eigenvalue weighted by Crippen LogP contribution is -2.49. The summed E-state index contributed by atoms with van der Waals surface area (Å²) in [5, 5.41) is 17.2. The van der Waals surface area contributed by atoms with Gasteiger partial charge >= 0.3 is 0 Å². The maximum Gasteiger partial charge on any atom is 0.237 e. The first-order chi connectivity index (χ1) is 14.1. The van der Waals surface area contributed by atoms with Crippen LogP contribution in [0, 0.1) is 11.2 Å². The Morgan fingerprint density at radius 1 is 1.19 bits per heavy atom. The average Bonchev–Trinajstić information content (AvgIpc) is 3.11. The van der Waals surface area contributed by atoms with Gasteiger partial charge in [0.2, 0.25) is 5.91 Å². The molecule has 2 aliphatic heterocycles. The molecule has 1 spiro atoms. The molecule has 2 aliphatic rings. The number of hydrogen-bond acceptors (Lipinski definition) is 3.